The molecule has 0 amide bonds. The number of thioether (sulfide) groups is 1. The third-order valence-corrected chi connectivity index (χ3v) is 6.75. The molecule has 4 rings (SSSR count). The van der Waals surface area contributed by atoms with Crippen LogP contribution in [0, 0.1) is 11.7 Å². The first-order valence-corrected chi connectivity index (χ1v) is 13.0. The van der Waals surface area contributed by atoms with E-state index in [-0.39, 0.29) is 5.82 Å². The fourth-order valence-corrected chi connectivity index (χ4v) is 4.35. The van der Waals surface area contributed by atoms with Gasteiger partial charge in [0.15, 0.2) is 0 Å². The van der Waals surface area contributed by atoms with E-state index in [1.165, 1.54) is 22.1 Å². The van der Waals surface area contributed by atoms with Crippen molar-refractivity contribution >= 4 is 17.7 Å². The van der Waals surface area contributed by atoms with Crippen molar-refractivity contribution in [1.82, 2.24) is 4.90 Å². The number of likely N-dealkylation sites (tertiary alicyclic amines) is 1. The number of carbonyl (C=O) groups is 1. The Labute approximate surface area is 218 Å². The quantitative estimate of drug-likeness (QED) is 0.257. The molecule has 1 N–H and O–H groups in total. The van der Waals surface area contributed by atoms with Crippen LogP contribution in [0.5, 0.6) is 5.75 Å². The van der Waals surface area contributed by atoms with E-state index in [0.717, 1.165) is 50.4 Å². The number of aliphatic carboxylic acids is 1. The highest BCUT2D eigenvalue weighted by Crippen LogP contribution is 2.26. The Hall–Kier alpha value is -3.04. The molecule has 0 radical (unpaired) electrons. The second kappa shape index (κ2) is 13.5. The van der Waals surface area contributed by atoms with Crippen molar-refractivity contribution in [3.63, 3.8) is 0 Å². The maximum atomic E-state index is 13.4. The summed E-state index contributed by atoms with van der Waals surface area (Å²) < 4.78 is 51.2. The van der Waals surface area contributed by atoms with Crippen LogP contribution in [0.2, 0.25) is 0 Å². The smallest absolute Gasteiger partial charge is 0.490 e. The van der Waals surface area contributed by atoms with E-state index in [2.05, 4.69) is 59.7 Å². The summed E-state index contributed by atoms with van der Waals surface area (Å²) in [7, 11) is 0. The number of rotatable bonds is 7. The molecule has 0 atom stereocenters. The van der Waals surface area contributed by atoms with Crippen LogP contribution in [0.1, 0.15) is 18.4 Å². The minimum Gasteiger partial charge on any atom is -0.493 e. The highest BCUT2D eigenvalue weighted by molar-refractivity contribution is 7.98. The van der Waals surface area contributed by atoms with Gasteiger partial charge < -0.3 is 9.84 Å². The van der Waals surface area contributed by atoms with Gasteiger partial charge in [0.05, 0.1) is 6.61 Å². The van der Waals surface area contributed by atoms with Crippen LogP contribution in [-0.2, 0) is 11.3 Å². The highest BCUT2D eigenvalue weighted by atomic mass is 32.2. The largest absolute Gasteiger partial charge is 0.493 e. The monoisotopic (exact) mass is 535 g/mol. The van der Waals surface area contributed by atoms with Crippen molar-refractivity contribution in [1.29, 1.82) is 0 Å². The molecule has 37 heavy (non-hydrogen) atoms. The first-order chi connectivity index (χ1) is 17.6. The Bertz CT molecular complexity index is 1130. The van der Waals surface area contributed by atoms with Gasteiger partial charge in [-0.05, 0) is 91.2 Å². The number of ether oxygens (including phenoxy) is 1. The van der Waals surface area contributed by atoms with E-state index in [1.807, 2.05) is 6.07 Å². The lowest BCUT2D eigenvalue weighted by atomic mass is 9.97. The molecule has 0 spiro atoms. The molecule has 3 aromatic rings. The first-order valence-electron chi connectivity index (χ1n) is 11.8. The van der Waals surface area contributed by atoms with Crippen LogP contribution in [0.15, 0.2) is 77.7 Å². The SMILES string of the molecule is CSc1ccc(-c2ccc(OCC3CCN(Cc4cccc(F)c4)CC3)cc2)cc1.O=C(O)C(F)(F)F. The number of hydrogen-bond donors (Lipinski definition) is 1. The second-order valence-corrected chi connectivity index (χ2v) is 9.60. The third-order valence-electron chi connectivity index (χ3n) is 6.01. The molecule has 198 valence electrons. The summed E-state index contributed by atoms with van der Waals surface area (Å²) in [6.07, 6.45) is -0.750. The van der Waals surface area contributed by atoms with Gasteiger partial charge in [0, 0.05) is 11.4 Å². The normalized spacial score (nSPS) is 14.5. The Morgan fingerprint density at radius 1 is 1.00 bits per heavy atom. The number of carboxylic acids is 1. The Morgan fingerprint density at radius 2 is 1.57 bits per heavy atom. The molecule has 1 saturated heterocycles. The Morgan fingerprint density at radius 3 is 2.08 bits per heavy atom. The Balaban J connectivity index is 0.000000479. The minimum atomic E-state index is -5.08. The highest BCUT2D eigenvalue weighted by Gasteiger charge is 2.38. The lowest BCUT2D eigenvalue weighted by Gasteiger charge is -2.31. The molecule has 1 heterocycles. The number of benzene rings is 3. The lowest BCUT2D eigenvalue weighted by Crippen LogP contribution is -2.35. The summed E-state index contributed by atoms with van der Waals surface area (Å²) in [5.74, 6) is -1.40. The molecule has 9 heteroatoms. The molecule has 0 aromatic heterocycles. The standard InChI is InChI=1S/C26H28FNOS.C2HF3O2/c1-30-26-11-7-23(8-12-26)22-5-9-25(10-6-22)29-19-20-13-15-28(16-14-20)18-21-3-2-4-24(27)17-21;3-2(4,5)1(6)7/h2-12,17,20H,13-16,18-19H2,1H3;(H,6,7). The number of alkyl halides is 3. The van der Waals surface area contributed by atoms with Crippen molar-refractivity contribution in [3.8, 4) is 16.9 Å². The molecule has 1 fully saturated rings. The fourth-order valence-electron chi connectivity index (χ4n) is 3.95. The summed E-state index contributed by atoms with van der Waals surface area (Å²) in [4.78, 5) is 12.6. The number of carboxylic acid groups (broad SMARTS) is 1. The molecule has 0 saturated carbocycles. The second-order valence-electron chi connectivity index (χ2n) is 8.72. The maximum Gasteiger partial charge on any atom is 0.490 e. The van der Waals surface area contributed by atoms with Crippen LogP contribution < -0.4 is 4.74 Å². The van der Waals surface area contributed by atoms with Gasteiger partial charge >= 0.3 is 12.1 Å². The van der Waals surface area contributed by atoms with Gasteiger partial charge in [-0.3, -0.25) is 4.90 Å². The van der Waals surface area contributed by atoms with Gasteiger partial charge in [0.2, 0.25) is 0 Å². The number of hydrogen-bond acceptors (Lipinski definition) is 4. The fraction of sp³-hybridized carbons (Fsp3) is 0.321. The van der Waals surface area contributed by atoms with Gasteiger partial charge in [-0.2, -0.15) is 13.2 Å². The van der Waals surface area contributed by atoms with Gasteiger partial charge in [0.1, 0.15) is 11.6 Å². The van der Waals surface area contributed by atoms with Crippen molar-refractivity contribution in [2.75, 3.05) is 26.0 Å². The van der Waals surface area contributed by atoms with E-state index in [9.17, 15) is 17.6 Å². The molecule has 0 bridgehead atoms. The van der Waals surface area contributed by atoms with Crippen LogP contribution in [0.4, 0.5) is 17.6 Å². The van der Waals surface area contributed by atoms with Gasteiger partial charge in [-0.15, -0.1) is 11.8 Å². The Kier molecular flexibility index (Phi) is 10.4. The number of piperidine rings is 1. The topological polar surface area (TPSA) is 49.8 Å². The summed E-state index contributed by atoms with van der Waals surface area (Å²) in [5.41, 5.74) is 3.48. The average molecular weight is 536 g/mol. The summed E-state index contributed by atoms with van der Waals surface area (Å²) in [5, 5.41) is 7.12. The maximum absolute atomic E-state index is 13.4. The van der Waals surface area contributed by atoms with Crippen LogP contribution >= 0.6 is 11.8 Å². The zero-order valence-electron chi connectivity index (χ0n) is 20.4. The third kappa shape index (κ3) is 9.40. The molecular weight excluding hydrogens is 506 g/mol. The molecular formula is C28H29F4NO3S. The molecule has 0 aliphatic carbocycles. The van der Waals surface area contributed by atoms with Crippen molar-refractivity contribution in [3.05, 3.63) is 84.2 Å². The first kappa shape index (κ1) is 28.5. The summed E-state index contributed by atoms with van der Waals surface area (Å²) in [6.45, 7) is 3.66. The van der Waals surface area contributed by atoms with Crippen LogP contribution in [0.25, 0.3) is 11.1 Å². The van der Waals surface area contributed by atoms with E-state index >= 15 is 0 Å². The van der Waals surface area contributed by atoms with Gasteiger partial charge in [-0.1, -0.05) is 36.4 Å². The summed E-state index contributed by atoms with van der Waals surface area (Å²) >= 11 is 1.76. The lowest BCUT2D eigenvalue weighted by molar-refractivity contribution is -0.192. The van der Waals surface area contributed by atoms with E-state index in [0.29, 0.717) is 5.92 Å². The van der Waals surface area contributed by atoms with Crippen molar-refractivity contribution in [2.24, 2.45) is 5.92 Å². The number of halogens is 4. The van der Waals surface area contributed by atoms with Gasteiger partial charge in [0.25, 0.3) is 0 Å². The van der Waals surface area contributed by atoms with Crippen molar-refractivity contribution in [2.45, 2.75) is 30.5 Å². The van der Waals surface area contributed by atoms with Crippen LogP contribution in [0.3, 0.4) is 0 Å². The summed E-state index contributed by atoms with van der Waals surface area (Å²) in [6, 6.07) is 24.0. The zero-order chi connectivity index (χ0) is 26.8. The average Bonchev–Trinajstić information content (AvgIpc) is 2.88. The molecule has 1 aliphatic rings. The van der Waals surface area contributed by atoms with E-state index in [4.69, 9.17) is 14.6 Å². The molecule has 1 aliphatic heterocycles. The van der Waals surface area contributed by atoms with Crippen molar-refractivity contribution < 1.29 is 32.2 Å². The van der Waals surface area contributed by atoms with E-state index in [1.54, 1.807) is 23.9 Å². The van der Waals surface area contributed by atoms with Crippen LogP contribution in [-0.4, -0.2) is 48.1 Å². The molecule has 4 nitrogen and oxygen atoms in total. The minimum absolute atomic E-state index is 0.154. The molecule has 0 unspecified atom stereocenters. The number of nitrogens with zero attached hydrogens (tertiary/aromatic N) is 1. The zero-order valence-corrected chi connectivity index (χ0v) is 21.2. The van der Waals surface area contributed by atoms with Gasteiger partial charge in [-0.25, -0.2) is 9.18 Å². The predicted molar refractivity (Wildman–Crippen MR) is 137 cm³/mol. The van der Waals surface area contributed by atoms with E-state index < -0.39 is 12.1 Å². The molecule has 3 aromatic carbocycles. The predicted octanol–water partition coefficient (Wildman–Crippen LogP) is 7.14.